The first kappa shape index (κ1) is 20.4. The van der Waals surface area contributed by atoms with Crippen molar-refractivity contribution in [3.05, 3.63) is 65.7 Å². The third kappa shape index (κ3) is 4.21. The molecule has 0 radical (unpaired) electrons. The van der Waals surface area contributed by atoms with Gasteiger partial charge in [0.2, 0.25) is 0 Å². The minimum Gasteiger partial charge on any atom is -0.494 e. The van der Waals surface area contributed by atoms with Crippen LogP contribution in [0.15, 0.2) is 54.6 Å². The molecule has 0 aliphatic carbocycles. The fraction of sp³-hybridized carbons (Fsp3) is 0.435. The van der Waals surface area contributed by atoms with Crippen molar-refractivity contribution in [1.82, 2.24) is 9.80 Å². The molecule has 1 aliphatic heterocycles. The van der Waals surface area contributed by atoms with Gasteiger partial charge in [-0.15, -0.1) is 0 Å². The van der Waals surface area contributed by atoms with E-state index in [1.165, 1.54) is 0 Å². The van der Waals surface area contributed by atoms with Gasteiger partial charge < -0.3 is 19.6 Å². The number of likely N-dealkylation sites (N-methyl/N-ethyl adjacent to an activating group) is 1. The van der Waals surface area contributed by atoms with E-state index in [4.69, 9.17) is 4.74 Å². The van der Waals surface area contributed by atoms with E-state index in [0.29, 0.717) is 31.7 Å². The summed E-state index contributed by atoms with van der Waals surface area (Å²) in [5, 5.41) is 11.5. The Bertz CT molecular complexity index is 776. The third-order valence-corrected chi connectivity index (χ3v) is 5.47. The number of rotatable bonds is 6. The van der Waals surface area contributed by atoms with Gasteiger partial charge in [0.15, 0.2) is 0 Å². The van der Waals surface area contributed by atoms with Crippen LogP contribution in [0.4, 0.5) is 0 Å². The molecule has 3 rings (SSSR count). The van der Waals surface area contributed by atoms with Gasteiger partial charge in [0, 0.05) is 18.7 Å². The lowest BCUT2D eigenvalue weighted by Crippen LogP contribution is -2.60. The van der Waals surface area contributed by atoms with Gasteiger partial charge in [-0.1, -0.05) is 37.3 Å². The number of aliphatic hydroxyl groups is 1. The average Bonchev–Trinajstić information content (AvgIpc) is 2.73. The highest BCUT2D eigenvalue weighted by Crippen LogP contribution is 2.35. The number of carbonyl (C=O) groups is 1. The van der Waals surface area contributed by atoms with Crippen LogP contribution >= 0.6 is 0 Å². The number of benzene rings is 2. The molecule has 5 heteroatoms. The van der Waals surface area contributed by atoms with Crippen LogP contribution in [-0.4, -0.2) is 60.6 Å². The number of hydrogen-bond donors (Lipinski definition) is 1. The van der Waals surface area contributed by atoms with E-state index >= 15 is 0 Å². The zero-order valence-corrected chi connectivity index (χ0v) is 17.0. The monoisotopic (exact) mass is 382 g/mol. The lowest BCUT2D eigenvalue weighted by molar-refractivity contribution is -0.0810. The van der Waals surface area contributed by atoms with Crippen molar-refractivity contribution in [3.63, 3.8) is 0 Å². The summed E-state index contributed by atoms with van der Waals surface area (Å²) in [6.45, 7) is 3.72. The molecule has 2 atom stereocenters. The average molecular weight is 383 g/mol. The first-order valence-electron chi connectivity index (χ1n) is 9.92. The Balaban J connectivity index is 1.75. The van der Waals surface area contributed by atoms with Gasteiger partial charge in [0.1, 0.15) is 11.4 Å². The van der Waals surface area contributed by atoms with Crippen LogP contribution in [0, 0.1) is 0 Å². The molecule has 2 aromatic carbocycles. The van der Waals surface area contributed by atoms with Gasteiger partial charge in [-0.2, -0.15) is 0 Å². The SMILES string of the molecule is CCCOc1ccc(C(=O)N2CC[C@](O)(c3ccccc3)[C@H](N(C)C)C2)cc1. The van der Waals surface area contributed by atoms with Crippen molar-refractivity contribution < 1.29 is 14.6 Å². The molecule has 0 saturated carbocycles. The summed E-state index contributed by atoms with van der Waals surface area (Å²) in [6, 6.07) is 16.9. The first-order chi connectivity index (χ1) is 13.5. The molecule has 0 aromatic heterocycles. The second kappa shape index (κ2) is 8.76. The maximum Gasteiger partial charge on any atom is 0.253 e. The molecule has 0 bridgehead atoms. The Morgan fingerprint density at radius 2 is 1.86 bits per heavy atom. The van der Waals surface area contributed by atoms with Gasteiger partial charge >= 0.3 is 0 Å². The number of piperidine rings is 1. The molecular weight excluding hydrogens is 352 g/mol. The molecule has 1 amide bonds. The van der Waals surface area contributed by atoms with Crippen molar-refractivity contribution in [2.75, 3.05) is 33.8 Å². The van der Waals surface area contributed by atoms with Crippen LogP contribution in [0.1, 0.15) is 35.7 Å². The molecule has 28 heavy (non-hydrogen) atoms. The maximum atomic E-state index is 13.0. The lowest BCUT2D eigenvalue weighted by Gasteiger charge is -2.47. The highest BCUT2D eigenvalue weighted by Gasteiger charge is 2.45. The molecule has 2 aromatic rings. The normalized spacial score (nSPS) is 22.3. The second-order valence-electron chi connectivity index (χ2n) is 7.64. The second-order valence-corrected chi connectivity index (χ2v) is 7.64. The van der Waals surface area contributed by atoms with E-state index in [2.05, 4.69) is 6.92 Å². The van der Waals surface area contributed by atoms with Crippen molar-refractivity contribution >= 4 is 5.91 Å². The van der Waals surface area contributed by atoms with E-state index in [1.54, 1.807) is 0 Å². The molecule has 0 unspecified atom stereocenters. The first-order valence-corrected chi connectivity index (χ1v) is 9.92. The van der Waals surface area contributed by atoms with Crippen molar-refractivity contribution in [3.8, 4) is 5.75 Å². The number of carbonyl (C=O) groups excluding carboxylic acids is 1. The maximum absolute atomic E-state index is 13.0. The van der Waals surface area contributed by atoms with Gasteiger partial charge in [0.25, 0.3) is 5.91 Å². The summed E-state index contributed by atoms with van der Waals surface area (Å²) in [6.07, 6.45) is 1.45. The quantitative estimate of drug-likeness (QED) is 0.834. The smallest absolute Gasteiger partial charge is 0.253 e. The zero-order chi connectivity index (χ0) is 20.1. The van der Waals surface area contributed by atoms with E-state index in [1.807, 2.05) is 78.5 Å². The highest BCUT2D eigenvalue weighted by molar-refractivity contribution is 5.94. The van der Waals surface area contributed by atoms with E-state index in [-0.39, 0.29) is 11.9 Å². The minimum atomic E-state index is -0.973. The Kier molecular flexibility index (Phi) is 6.37. The number of ether oxygens (including phenoxy) is 1. The predicted molar refractivity (Wildman–Crippen MR) is 111 cm³/mol. The Hall–Kier alpha value is -2.37. The largest absolute Gasteiger partial charge is 0.494 e. The third-order valence-electron chi connectivity index (χ3n) is 5.47. The van der Waals surface area contributed by atoms with E-state index in [0.717, 1.165) is 17.7 Å². The number of nitrogens with zero attached hydrogens (tertiary/aromatic N) is 2. The van der Waals surface area contributed by atoms with E-state index in [9.17, 15) is 9.90 Å². The Morgan fingerprint density at radius 1 is 1.18 bits per heavy atom. The minimum absolute atomic E-state index is 0.0102. The number of likely N-dealkylation sites (tertiary alicyclic amines) is 1. The van der Waals surface area contributed by atoms with Crippen LogP contribution < -0.4 is 4.74 Å². The van der Waals surface area contributed by atoms with E-state index < -0.39 is 5.60 Å². The topological polar surface area (TPSA) is 53.0 Å². The summed E-state index contributed by atoms with van der Waals surface area (Å²) in [5.74, 6) is 0.769. The fourth-order valence-electron chi connectivity index (χ4n) is 3.86. The molecule has 5 nitrogen and oxygen atoms in total. The van der Waals surface area contributed by atoms with Gasteiger partial charge in [-0.05, 0) is 56.8 Å². The summed E-state index contributed by atoms with van der Waals surface area (Å²) >= 11 is 0. The van der Waals surface area contributed by atoms with Crippen molar-refractivity contribution in [1.29, 1.82) is 0 Å². The molecule has 1 fully saturated rings. The summed E-state index contributed by atoms with van der Waals surface area (Å²) < 4.78 is 5.60. The van der Waals surface area contributed by atoms with Crippen molar-refractivity contribution in [2.45, 2.75) is 31.4 Å². The van der Waals surface area contributed by atoms with Crippen LogP contribution in [0.3, 0.4) is 0 Å². The Labute approximate surface area is 167 Å². The summed E-state index contributed by atoms with van der Waals surface area (Å²) in [7, 11) is 3.90. The summed E-state index contributed by atoms with van der Waals surface area (Å²) in [5.41, 5.74) is 0.573. The lowest BCUT2D eigenvalue weighted by atomic mass is 9.79. The van der Waals surface area contributed by atoms with Gasteiger partial charge in [-0.25, -0.2) is 0 Å². The molecular formula is C23H30N2O3. The molecule has 150 valence electrons. The van der Waals surface area contributed by atoms with Crippen LogP contribution in [0.2, 0.25) is 0 Å². The van der Waals surface area contributed by atoms with Crippen molar-refractivity contribution in [2.24, 2.45) is 0 Å². The molecule has 1 heterocycles. The standard InChI is InChI=1S/C23H30N2O3/c1-4-16-28-20-12-10-18(11-13-20)22(26)25-15-14-23(27,21(17-25)24(2)3)19-8-6-5-7-9-19/h5-13,21,27H,4,14-17H2,1-3H3/t21-,23+/m1/s1. The Morgan fingerprint density at radius 3 is 2.46 bits per heavy atom. The highest BCUT2D eigenvalue weighted by atomic mass is 16.5. The molecule has 1 N–H and O–H groups in total. The summed E-state index contributed by atoms with van der Waals surface area (Å²) in [4.78, 5) is 16.9. The number of amides is 1. The zero-order valence-electron chi connectivity index (χ0n) is 17.0. The molecule has 1 saturated heterocycles. The van der Waals surface area contributed by atoms with Crippen LogP contribution in [0.25, 0.3) is 0 Å². The van der Waals surface area contributed by atoms with Gasteiger partial charge in [-0.3, -0.25) is 4.79 Å². The van der Waals surface area contributed by atoms with Gasteiger partial charge in [0.05, 0.1) is 12.6 Å². The number of hydrogen-bond acceptors (Lipinski definition) is 4. The predicted octanol–water partition coefficient (Wildman–Crippen LogP) is 3.14. The fourth-order valence-corrected chi connectivity index (χ4v) is 3.86. The molecule has 1 aliphatic rings. The van der Waals surface area contributed by atoms with Crippen LogP contribution in [-0.2, 0) is 5.60 Å². The van der Waals surface area contributed by atoms with Crippen LogP contribution in [0.5, 0.6) is 5.75 Å². The molecule has 0 spiro atoms.